The molecule has 0 aliphatic heterocycles. The zero-order valence-corrected chi connectivity index (χ0v) is 10.6. The molecular formula is C14H20F3N. The second-order valence-electron chi connectivity index (χ2n) is 4.57. The number of aryl methyl sites for hydroxylation is 1. The Morgan fingerprint density at radius 1 is 1.06 bits per heavy atom. The van der Waals surface area contributed by atoms with Crippen LogP contribution in [-0.2, 0) is 6.42 Å². The zero-order chi connectivity index (χ0) is 13.6. The molecule has 0 heterocycles. The van der Waals surface area contributed by atoms with Gasteiger partial charge in [0.2, 0.25) is 0 Å². The van der Waals surface area contributed by atoms with Crippen LogP contribution >= 0.6 is 0 Å². The van der Waals surface area contributed by atoms with Crippen molar-refractivity contribution in [3.8, 4) is 0 Å². The van der Waals surface area contributed by atoms with E-state index in [-0.39, 0.29) is 5.56 Å². The molecule has 1 aromatic carbocycles. The highest BCUT2D eigenvalue weighted by Crippen LogP contribution is 2.30. The van der Waals surface area contributed by atoms with Gasteiger partial charge in [-0.25, -0.2) is 0 Å². The molecule has 2 N–H and O–H groups in total. The second kappa shape index (κ2) is 6.78. The van der Waals surface area contributed by atoms with Crippen LogP contribution in [0.25, 0.3) is 0 Å². The normalized spacial score (nSPS) is 13.6. The Morgan fingerprint density at radius 2 is 1.67 bits per heavy atom. The molecule has 0 saturated carbocycles. The van der Waals surface area contributed by atoms with E-state index in [0.29, 0.717) is 0 Å². The van der Waals surface area contributed by atoms with Crippen molar-refractivity contribution in [1.29, 1.82) is 0 Å². The average Bonchev–Trinajstić information content (AvgIpc) is 2.33. The number of alkyl halides is 3. The van der Waals surface area contributed by atoms with E-state index in [1.807, 2.05) is 0 Å². The lowest BCUT2D eigenvalue weighted by molar-refractivity contribution is -0.149. The van der Waals surface area contributed by atoms with Crippen LogP contribution in [0, 0.1) is 0 Å². The van der Waals surface area contributed by atoms with Crippen LogP contribution < -0.4 is 5.73 Å². The lowest BCUT2D eigenvalue weighted by Crippen LogP contribution is -2.28. The third-order valence-electron chi connectivity index (χ3n) is 3.01. The first-order valence-electron chi connectivity index (χ1n) is 6.36. The van der Waals surface area contributed by atoms with E-state index in [1.165, 1.54) is 31.4 Å². The highest BCUT2D eigenvalue weighted by Gasteiger charge is 2.37. The minimum absolute atomic E-state index is 0.125. The minimum atomic E-state index is -4.37. The number of rotatable bonds is 6. The Hall–Kier alpha value is -1.03. The number of nitrogens with two attached hydrogens (primary N) is 1. The Balaban J connectivity index is 2.52. The van der Waals surface area contributed by atoms with Gasteiger partial charge >= 0.3 is 6.18 Å². The van der Waals surface area contributed by atoms with E-state index in [9.17, 15) is 13.2 Å². The van der Waals surface area contributed by atoms with Crippen molar-refractivity contribution in [2.24, 2.45) is 5.73 Å². The highest BCUT2D eigenvalue weighted by molar-refractivity contribution is 5.25. The minimum Gasteiger partial charge on any atom is -0.316 e. The van der Waals surface area contributed by atoms with E-state index in [2.05, 4.69) is 6.92 Å². The number of halogens is 3. The number of hydrogen-bond donors (Lipinski definition) is 1. The van der Waals surface area contributed by atoms with E-state index in [0.717, 1.165) is 18.4 Å². The molecule has 1 aromatic rings. The standard InChI is InChI=1S/C14H20F3N/c1-2-3-4-5-6-11-7-9-12(10-8-11)13(18)14(15,16)17/h7-10,13H,2-6,18H2,1H3/t13-/m0/s1. The van der Waals surface area contributed by atoms with Gasteiger partial charge in [0, 0.05) is 0 Å². The number of benzene rings is 1. The van der Waals surface area contributed by atoms with Crippen LogP contribution in [0.5, 0.6) is 0 Å². The maximum Gasteiger partial charge on any atom is 0.407 e. The van der Waals surface area contributed by atoms with Crippen molar-refractivity contribution in [3.05, 3.63) is 35.4 Å². The van der Waals surface area contributed by atoms with E-state index in [4.69, 9.17) is 5.73 Å². The van der Waals surface area contributed by atoms with Crippen molar-refractivity contribution in [3.63, 3.8) is 0 Å². The molecule has 0 aromatic heterocycles. The first-order chi connectivity index (χ1) is 8.45. The molecule has 0 amide bonds. The SMILES string of the molecule is CCCCCCc1ccc([C@H](N)C(F)(F)F)cc1. The number of unbranched alkanes of at least 4 members (excludes halogenated alkanes) is 3. The van der Waals surface area contributed by atoms with Gasteiger partial charge in [-0.2, -0.15) is 13.2 Å². The van der Waals surface area contributed by atoms with Crippen molar-refractivity contribution >= 4 is 0 Å². The maximum absolute atomic E-state index is 12.4. The predicted octanol–water partition coefficient (Wildman–Crippen LogP) is 4.37. The molecule has 0 fully saturated rings. The quantitative estimate of drug-likeness (QED) is 0.754. The molecule has 0 spiro atoms. The zero-order valence-electron chi connectivity index (χ0n) is 10.6. The summed E-state index contributed by atoms with van der Waals surface area (Å²) in [5.41, 5.74) is 6.33. The largest absolute Gasteiger partial charge is 0.407 e. The van der Waals surface area contributed by atoms with Crippen LogP contribution in [0.1, 0.15) is 49.8 Å². The molecule has 1 atom stereocenters. The third kappa shape index (κ3) is 4.69. The van der Waals surface area contributed by atoms with Crippen molar-refractivity contribution in [1.82, 2.24) is 0 Å². The Bertz CT molecular complexity index is 343. The molecule has 0 unspecified atom stereocenters. The van der Waals surface area contributed by atoms with Gasteiger partial charge in [0.1, 0.15) is 6.04 Å². The lowest BCUT2D eigenvalue weighted by Gasteiger charge is -2.16. The summed E-state index contributed by atoms with van der Waals surface area (Å²) in [5.74, 6) is 0. The van der Waals surface area contributed by atoms with Gasteiger partial charge < -0.3 is 5.73 Å². The topological polar surface area (TPSA) is 26.0 Å². The Labute approximate surface area is 106 Å². The fourth-order valence-corrected chi connectivity index (χ4v) is 1.84. The van der Waals surface area contributed by atoms with Crippen molar-refractivity contribution in [2.45, 2.75) is 51.2 Å². The fraction of sp³-hybridized carbons (Fsp3) is 0.571. The molecule has 0 saturated heterocycles. The molecule has 4 heteroatoms. The molecule has 1 rings (SSSR count). The van der Waals surface area contributed by atoms with Crippen molar-refractivity contribution in [2.75, 3.05) is 0 Å². The fourth-order valence-electron chi connectivity index (χ4n) is 1.84. The molecule has 0 radical (unpaired) electrons. The molecular weight excluding hydrogens is 239 g/mol. The van der Waals surface area contributed by atoms with Gasteiger partial charge in [-0.1, -0.05) is 50.5 Å². The van der Waals surface area contributed by atoms with Gasteiger partial charge in [0.25, 0.3) is 0 Å². The Kier molecular flexibility index (Phi) is 5.66. The molecule has 18 heavy (non-hydrogen) atoms. The summed E-state index contributed by atoms with van der Waals surface area (Å²) >= 11 is 0. The summed E-state index contributed by atoms with van der Waals surface area (Å²) in [7, 11) is 0. The van der Waals surface area contributed by atoms with Gasteiger partial charge in [0.15, 0.2) is 0 Å². The third-order valence-corrected chi connectivity index (χ3v) is 3.01. The summed E-state index contributed by atoms with van der Waals surface area (Å²) in [4.78, 5) is 0. The van der Waals surface area contributed by atoms with E-state index in [1.54, 1.807) is 12.1 Å². The van der Waals surface area contributed by atoms with Crippen LogP contribution in [-0.4, -0.2) is 6.18 Å². The first kappa shape index (κ1) is 15.0. The monoisotopic (exact) mass is 259 g/mol. The highest BCUT2D eigenvalue weighted by atomic mass is 19.4. The summed E-state index contributed by atoms with van der Waals surface area (Å²) in [6.07, 6.45) is 1.18. The molecule has 0 aliphatic carbocycles. The van der Waals surface area contributed by atoms with Crippen LogP contribution in [0.2, 0.25) is 0 Å². The van der Waals surface area contributed by atoms with Gasteiger partial charge in [-0.15, -0.1) is 0 Å². The van der Waals surface area contributed by atoms with Gasteiger partial charge in [0.05, 0.1) is 0 Å². The summed E-state index contributed by atoms with van der Waals surface area (Å²) in [6, 6.07) is 4.56. The van der Waals surface area contributed by atoms with Gasteiger partial charge in [-0.3, -0.25) is 0 Å². The maximum atomic E-state index is 12.4. The molecule has 102 valence electrons. The molecule has 0 bridgehead atoms. The van der Waals surface area contributed by atoms with Crippen LogP contribution in [0.4, 0.5) is 13.2 Å². The van der Waals surface area contributed by atoms with Gasteiger partial charge in [-0.05, 0) is 24.0 Å². The predicted molar refractivity (Wildman–Crippen MR) is 67.3 cm³/mol. The van der Waals surface area contributed by atoms with Crippen LogP contribution in [0.15, 0.2) is 24.3 Å². The smallest absolute Gasteiger partial charge is 0.316 e. The summed E-state index contributed by atoms with van der Waals surface area (Å²) in [5, 5.41) is 0. The Morgan fingerprint density at radius 3 is 2.17 bits per heavy atom. The summed E-state index contributed by atoms with van der Waals surface area (Å²) in [6.45, 7) is 2.15. The number of hydrogen-bond acceptors (Lipinski definition) is 1. The lowest BCUT2D eigenvalue weighted by atomic mass is 10.0. The van der Waals surface area contributed by atoms with E-state index < -0.39 is 12.2 Å². The molecule has 0 aliphatic rings. The first-order valence-corrected chi connectivity index (χ1v) is 6.36. The molecule has 1 nitrogen and oxygen atoms in total. The van der Waals surface area contributed by atoms with Crippen molar-refractivity contribution < 1.29 is 13.2 Å². The van der Waals surface area contributed by atoms with Crippen LogP contribution in [0.3, 0.4) is 0 Å². The average molecular weight is 259 g/mol. The van der Waals surface area contributed by atoms with E-state index >= 15 is 0 Å². The summed E-state index contributed by atoms with van der Waals surface area (Å²) < 4.78 is 37.2. The second-order valence-corrected chi connectivity index (χ2v) is 4.57.